The fraction of sp³-hybridized carbons (Fsp3) is 0.304. The van der Waals surface area contributed by atoms with Crippen molar-refractivity contribution in [2.24, 2.45) is 0 Å². The molecular formula is C23H22N4O4S2. The summed E-state index contributed by atoms with van der Waals surface area (Å²) in [5.41, 5.74) is 1.52. The standard InChI is InChI=1S/C23H22N4O4S2/c1-14-6-7-19-25-20(24-11-15-4-2-8-30-15)17(21(28)26(19)12-14)10-18-22(29)27(23(32)33-18)13-16-5-3-9-31-16/h3,5-7,9-10,12,15,24H,2,4,8,11,13H2,1H3/b18-10-. The van der Waals surface area contributed by atoms with Crippen LogP contribution in [0, 0.1) is 6.92 Å². The first kappa shape index (κ1) is 21.9. The van der Waals surface area contributed by atoms with Crippen molar-refractivity contribution in [1.82, 2.24) is 14.3 Å². The SMILES string of the molecule is Cc1ccc2nc(NCC3CCCO3)c(/C=C3\SC(=S)N(Cc4ccco4)C3=O)c(=O)n2c1. The van der Waals surface area contributed by atoms with E-state index in [2.05, 4.69) is 10.3 Å². The zero-order valence-corrected chi connectivity index (χ0v) is 19.6. The van der Waals surface area contributed by atoms with Crippen LogP contribution in [0.1, 0.15) is 29.7 Å². The van der Waals surface area contributed by atoms with Crippen LogP contribution >= 0.6 is 24.0 Å². The fourth-order valence-electron chi connectivity index (χ4n) is 3.87. The van der Waals surface area contributed by atoms with E-state index in [0.29, 0.717) is 38.6 Å². The summed E-state index contributed by atoms with van der Waals surface area (Å²) in [7, 11) is 0. The number of carbonyl (C=O) groups is 1. The van der Waals surface area contributed by atoms with Gasteiger partial charge in [0.2, 0.25) is 0 Å². The average Bonchev–Trinajstić information content (AvgIpc) is 3.55. The summed E-state index contributed by atoms with van der Waals surface area (Å²) in [6.45, 7) is 3.43. The van der Waals surface area contributed by atoms with Crippen LogP contribution in [0.5, 0.6) is 0 Å². The lowest BCUT2D eigenvalue weighted by atomic mass is 10.2. The number of nitrogens with zero attached hydrogens (tertiary/aromatic N) is 3. The minimum atomic E-state index is -0.264. The summed E-state index contributed by atoms with van der Waals surface area (Å²) in [6, 6.07) is 7.27. The van der Waals surface area contributed by atoms with E-state index in [1.165, 1.54) is 21.1 Å². The maximum absolute atomic E-state index is 13.4. The number of hydrogen-bond donors (Lipinski definition) is 1. The smallest absolute Gasteiger partial charge is 0.267 e. The van der Waals surface area contributed by atoms with Gasteiger partial charge in [-0.05, 0) is 49.6 Å². The molecule has 1 unspecified atom stereocenters. The molecule has 1 amide bonds. The lowest BCUT2D eigenvalue weighted by Gasteiger charge is -2.14. The van der Waals surface area contributed by atoms with Crippen molar-refractivity contribution in [1.29, 1.82) is 0 Å². The molecule has 0 saturated carbocycles. The number of fused-ring (bicyclic) bond motifs is 1. The maximum Gasteiger partial charge on any atom is 0.267 e. The van der Waals surface area contributed by atoms with E-state index in [1.54, 1.807) is 36.7 Å². The van der Waals surface area contributed by atoms with Gasteiger partial charge in [-0.25, -0.2) is 4.98 Å². The minimum absolute atomic E-state index is 0.0719. The third-order valence-electron chi connectivity index (χ3n) is 5.57. The molecule has 0 aromatic carbocycles. The number of aryl methyl sites for hydroxylation is 1. The van der Waals surface area contributed by atoms with Crippen LogP contribution < -0.4 is 10.9 Å². The molecule has 1 atom stereocenters. The van der Waals surface area contributed by atoms with Crippen molar-refractivity contribution in [3.05, 3.63) is 68.9 Å². The number of anilines is 1. The van der Waals surface area contributed by atoms with E-state index in [9.17, 15) is 9.59 Å². The van der Waals surface area contributed by atoms with Crippen molar-refractivity contribution >= 4 is 51.7 Å². The number of ether oxygens (including phenoxy) is 1. The van der Waals surface area contributed by atoms with Crippen molar-refractivity contribution in [2.45, 2.75) is 32.4 Å². The monoisotopic (exact) mass is 482 g/mol. The lowest BCUT2D eigenvalue weighted by Crippen LogP contribution is -2.27. The van der Waals surface area contributed by atoms with E-state index in [0.717, 1.165) is 25.0 Å². The molecule has 5 heterocycles. The summed E-state index contributed by atoms with van der Waals surface area (Å²) < 4.78 is 13.0. The number of furan rings is 1. The fourth-order valence-corrected chi connectivity index (χ4v) is 5.10. The lowest BCUT2D eigenvalue weighted by molar-refractivity contribution is -0.122. The second kappa shape index (κ2) is 9.12. The Bertz CT molecular complexity index is 1310. The third kappa shape index (κ3) is 4.46. The number of pyridine rings is 1. The molecule has 170 valence electrons. The zero-order valence-electron chi connectivity index (χ0n) is 17.9. The number of hydrogen-bond acceptors (Lipinski definition) is 8. The summed E-state index contributed by atoms with van der Waals surface area (Å²) in [5.74, 6) is 0.797. The molecule has 1 N–H and O–H groups in total. The number of thioether (sulfide) groups is 1. The van der Waals surface area contributed by atoms with Gasteiger partial charge in [0.25, 0.3) is 11.5 Å². The van der Waals surface area contributed by atoms with Gasteiger partial charge in [0.05, 0.1) is 29.4 Å². The second-order valence-electron chi connectivity index (χ2n) is 7.98. The minimum Gasteiger partial charge on any atom is -0.467 e. The van der Waals surface area contributed by atoms with Crippen molar-refractivity contribution in [3.8, 4) is 0 Å². The van der Waals surface area contributed by atoms with Crippen LogP contribution in [0.3, 0.4) is 0 Å². The maximum atomic E-state index is 13.4. The molecule has 2 fully saturated rings. The Labute approximate surface area is 199 Å². The largest absolute Gasteiger partial charge is 0.467 e. The quantitative estimate of drug-likeness (QED) is 0.421. The van der Waals surface area contributed by atoms with E-state index >= 15 is 0 Å². The predicted molar refractivity (Wildman–Crippen MR) is 131 cm³/mol. The summed E-state index contributed by atoms with van der Waals surface area (Å²) >= 11 is 6.59. The summed E-state index contributed by atoms with van der Waals surface area (Å²) in [4.78, 5) is 33.0. The molecule has 2 aliphatic rings. The van der Waals surface area contributed by atoms with Crippen LogP contribution in [0.25, 0.3) is 11.7 Å². The molecule has 0 spiro atoms. The van der Waals surface area contributed by atoms with Gasteiger partial charge in [0.1, 0.15) is 21.5 Å². The van der Waals surface area contributed by atoms with Gasteiger partial charge in [-0.2, -0.15) is 0 Å². The first-order valence-corrected chi connectivity index (χ1v) is 11.9. The number of amides is 1. The normalized spacial score (nSPS) is 19.8. The van der Waals surface area contributed by atoms with Gasteiger partial charge in [0.15, 0.2) is 0 Å². The number of thiocarbonyl (C=S) groups is 1. The van der Waals surface area contributed by atoms with Gasteiger partial charge in [-0.15, -0.1) is 0 Å². The molecule has 5 rings (SSSR count). The Hall–Kier alpha value is -2.95. The predicted octanol–water partition coefficient (Wildman–Crippen LogP) is 3.59. The highest BCUT2D eigenvalue weighted by Crippen LogP contribution is 2.34. The number of carbonyl (C=O) groups excluding carboxylic acids is 1. The molecule has 8 nitrogen and oxygen atoms in total. The van der Waals surface area contributed by atoms with Crippen molar-refractivity contribution < 1.29 is 13.9 Å². The van der Waals surface area contributed by atoms with E-state index in [1.807, 2.05) is 13.0 Å². The first-order valence-electron chi connectivity index (χ1n) is 10.7. The molecule has 2 aliphatic heterocycles. The molecule has 0 aliphatic carbocycles. The van der Waals surface area contributed by atoms with Gasteiger partial charge in [0, 0.05) is 19.3 Å². The van der Waals surface area contributed by atoms with Crippen LogP contribution in [-0.2, 0) is 16.1 Å². The molecule has 3 aromatic rings. The zero-order chi connectivity index (χ0) is 22.9. The number of aromatic nitrogens is 2. The van der Waals surface area contributed by atoms with Crippen LogP contribution in [-0.4, -0.2) is 43.8 Å². The van der Waals surface area contributed by atoms with Crippen LogP contribution in [0.15, 0.2) is 50.8 Å². The van der Waals surface area contributed by atoms with Crippen molar-refractivity contribution in [3.63, 3.8) is 0 Å². The Balaban J connectivity index is 1.52. The highest BCUT2D eigenvalue weighted by atomic mass is 32.2. The Kier molecular flexibility index (Phi) is 6.05. The second-order valence-corrected chi connectivity index (χ2v) is 9.65. The van der Waals surface area contributed by atoms with Crippen LogP contribution in [0.4, 0.5) is 5.82 Å². The number of nitrogens with one attached hydrogen (secondary N) is 1. The Morgan fingerprint density at radius 2 is 2.21 bits per heavy atom. The molecule has 3 aromatic heterocycles. The Morgan fingerprint density at radius 3 is 2.97 bits per heavy atom. The van der Waals surface area contributed by atoms with E-state index < -0.39 is 0 Å². The molecule has 33 heavy (non-hydrogen) atoms. The first-order chi connectivity index (χ1) is 16.0. The molecule has 2 saturated heterocycles. The van der Waals surface area contributed by atoms with E-state index in [-0.39, 0.29) is 24.1 Å². The molecule has 10 heteroatoms. The van der Waals surface area contributed by atoms with Gasteiger partial charge in [-0.3, -0.25) is 18.9 Å². The highest BCUT2D eigenvalue weighted by molar-refractivity contribution is 8.26. The summed E-state index contributed by atoms with van der Waals surface area (Å²) in [5, 5.41) is 3.27. The van der Waals surface area contributed by atoms with Gasteiger partial charge >= 0.3 is 0 Å². The number of rotatable bonds is 6. The molecule has 0 bridgehead atoms. The van der Waals surface area contributed by atoms with Gasteiger partial charge < -0.3 is 14.5 Å². The molecular weight excluding hydrogens is 460 g/mol. The third-order valence-corrected chi connectivity index (χ3v) is 6.95. The van der Waals surface area contributed by atoms with Crippen molar-refractivity contribution in [2.75, 3.05) is 18.5 Å². The van der Waals surface area contributed by atoms with E-state index in [4.69, 9.17) is 21.4 Å². The average molecular weight is 483 g/mol. The van der Waals surface area contributed by atoms with Crippen LogP contribution in [0.2, 0.25) is 0 Å². The summed E-state index contributed by atoms with van der Waals surface area (Å²) in [6.07, 6.45) is 6.93. The topological polar surface area (TPSA) is 89.1 Å². The molecule has 0 radical (unpaired) electrons. The highest BCUT2D eigenvalue weighted by Gasteiger charge is 2.33. The Morgan fingerprint density at radius 1 is 1.33 bits per heavy atom. The van der Waals surface area contributed by atoms with Gasteiger partial charge in [-0.1, -0.05) is 30.0 Å².